The molecule has 14 heteroatoms. The summed E-state index contributed by atoms with van der Waals surface area (Å²) in [6.07, 6.45) is 1.06. The monoisotopic (exact) mass is 570 g/mol. The van der Waals surface area contributed by atoms with E-state index in [-0.39, 0.29) is 13.2 Å². The molecule has 14 nitrogen and oxygen atoms in total. The van der Waals surface area contributed by atoms with Crippen LogP contribution in [-0.4, -0.2) is 154 Å². The van der Waals surface area contributed by atoms with E-state index in [1.165, 1.54) is 0 Å². The van der Waals surface area contributed by atoms with Crippen molar-refractivity contribution < 1.29 is 67.2 Å². The largest absolute Gasteiger partial charge is 0.478 e. The first-order chi connectivity index (χ1) is 19.1. The van der Waals surface area contributed by atoms with Gasteiger partial charge in [0, 0.05) is 12.2 Å². The van der Waals surface area contributed by atoms with Gasteiger partial charge in [-0.2, -0.15) is 0 Å². The Labute approximate surface area is 230 Å². The molecule has 0 aliphatic rings. The van der Waals surface area contributed by atoms with Gasteiger partial charge in [-0.05, 0) is 6.92 Å². The number of hydrogen-bond donors (Lipinski definition) is 2. The van der Waals surface area contributed by atoms with E-state index in [1.54, 1.807) is 6.92 Å². The van der Waals surface area contributed by atoms with E-state index in [2.05, 4.69) is 0 Å². The molecule has 0 saturated heterocycles. The smallest absolute Gasteiger partial charge is 0.331 e. The van der Waals surface area contributed by atoms with Gasteiger partial charge in [-0.15, -0.1) is 0 Å². The van der Waals surface area contributed by atoms with E-state index in [1.807, 2.05) is 0 Å². The van der Waals surface area contributed by atoms with Crippen LogP contribution in [-0.2, 0) is 57.0 Å². The number of ether oxygens (including phenoxy) is 10. The fourth-order valence-electron chi connectivity index (χ4n) is 2.48. The SMILES string of the molecule is CC(COCCOCCOCCOCCOCCOCCOCCOCCOCCO)OC(=O)/C=C\C(=O)O. The first-order valence-electron chi connectivity index (χ1n) is 13.0. The normalized spacial score (nSPS) is 12.3. The third kappa shape index (κ3) is 32.4. The Morgan fingerprint density at radius 1 is 0.538 bits per heavy atom. The van der Waals surface area contributed by atoms with Gasteiger partial charge < -0.3 is 57.6 Å². The number of aliphatic carboxylic acids is 1. The van der Waals surface area contributed by atoms with Crippen molar-refractivity contribution in [1.29, 1.82) is 0 Å². The highest BCUT2D eigenvalue weighted by Crippen LogP contribution is 1.95. The van der Waals surface area contributed by atoms with E-state index in [4.69, 9.17) is 57.6 Å². The molecule has 0 saturated carbocycles. The van der Waals surface area contributed by atoms with Gasteiger partial charge in [0.1, 0.15) is 6.10 Å². The maximum atomic E-state index is 11.3. The first kappa shape index (κ1) is 37.3. The summed E-state index contributed by atoms with van der Waals surface area (Å²) in [5.41, 5.74) is 0. The van der Waals surface area contributed by atoms with Gasteiger partial charge in [0.2, 0.25) is 0 Å². The van der Waals surface area contributed by atoms with E-state index >= 15 is 0 Å². The van der Waals surface area contributed by atoms with Crippen molar-refractivity contribution >= 4 is 11.9 Å². The number of aliphatic hydroxyl groups excluding tert-OH is 1. The molecule has 0 fully saturated rings. The lowest BCUT2D eigenvalue weighted by Crippen LogP contribution is -2.21. The molecular formula is C25H46O14. The number of rotatable bonds is 31. The standard InChI is InChI=1S/C25H46O14/c1-23(39-25(29)3-2-24(27)28)22-38-21-20-37-19-18-36-17-16-35-15-14-34-13-12-33-11-10-32-9-8-31-7-6-30-5-4-26/h2-3,23,26H,4-22H2,1H3,(H,27,28)/b3-2-. The van der Waals surface area contributed by atoms with Gasteiger partial charge in [0.05, 0.1) is 126 Å². The Morgan fingerprint density at radius 2 is 0.846 bits per heavy atom. The summed E-state index contributed by atoms with van der Waals surface area (Å²) in [4.78, 5) is 21.6. The van der Waals surface area contributed by atoms with Gasteiger partial charge in [0.25, 0.3) is 0 Å². The first-order valence-corrected chi connectivity index (χ1v) is 13.0. The van der Waals surface area contributed by atoms with Crippen LogP contribution < -0.4 is 0 Å². The minimum absolute atomic E-state index is 0.0155. The molecule has 1 unspecified atom stereocenters. The molecule has 0 rings (SSSR count). The molecule has 230 valence electrons. The van der Waals surface area contributed by atoms with E-state index in [9.17, 15) is 9.59 Å². The van der Waals surface area contributed by atoms with Gasteiger partial charge in [0.15, 0.2) is 0 Å². The zero-order valence-corrected chi connectivity index (χ0v) is 23.0. The van der Waals surface area contributed by atoms with Crippen LogP contribution >= 0.6 is 0 Å². The van der Waals surface area contributed by atoms with Crippen molar-refractivity contribution in [2.75, 3.05) is 126 Å². The predicted octanol–water partition coefficient (Wildman–Crippen LogP) is -0.299. The molecule has 2 N–H and O–H groups in total. The minimum Gasteiger partial charge on any atom is -0.478 e. The fourth-order valence-corrected chi connectivity index (χ4v) is 2.48. The van der Waals surface area contributed by atoms with Crippen LogP contribution in [0.5, 0.6) is 0 Å². The lowest BCUT2D eigenvalue weighted by molar-refractivity contribution is -0.145. The molecule has 0 aliphatic heterocycles. The highest BCUT2D eigenvalue weighted by Gasteiger charge is 2.07. The summed E-state index contributed by atoms with van der Waals surface area (Å²) in [5, 5.41) is 17.0. The average Bonchev–Trinajstić information content (AvgIpc) is 2.91. The second-order valence-corrected chi connectivity index (χ2v) is 7.62. The summed E-state index contributed by atoms with van der Waals surface area (Å²) in [6, 6.07) is 0. The summed E-state index contributed by atoms with van der Waals surface area (Å²) in [7, 11) is 0. The highest BCUT2D eigenvalue weighted by molar-refractivity contribution is 5.90. The molecule has 0 aromatic heterocycles. The third-order valence-corrected chi connectivity index (χ3v) is 4.24. The Bertz CT molecular complexity index is 575. The lowest BCUT2D eigenvalue weighted by atomic mass is 10.4. The Kier molecular flexibility index (Phi) is 29.5. The molecule has 0 bridgehead atoms. The molecular weight excluding hydrogens is 524 g/mol. The van der Waals surface area contributed by atoms with Gasteiger partial charge in [-0.3, -0.25) is 0 Å². The lowest BCUT2D eigenvalue weighted by Gasteiger charge is -2.12. The second kappa shape index (κ2) is 30.8. The summed E-state index contributed by atoms with van der Waals surface area (Å²) in [6.45, 7) is 9.39. The van der Waals surface area contributed by atoms with Gasteiger partial charge in [-0.25, -0.2) is 9.59 Å². The maximum absolute atomic E-state index is 11.3. The van der Waals surface area contributed by atoms with Crippen molar-refractivity contribution in [2.45, 2.75) is 13.0 Å². The number of hydrogen-bond acceptors (Lipinski definition) is 13. The van der Waals surface area contributed by atoms with E-state index in [0.29, 0.717) is 118 Å². The van der Waals surface area contributed by atoms with Gasteiger partial charge >= 0.3 is 11.9 Å². The Morgan fingerprint density at radius 3 is 1.15 bits per heavy atom. The molecule has 39 heavy (non-hydrogen) atoms. The van der Waals surface area contributed by atoms with Crippen LogP contribution in [0, 0.1) is 0 Å². The summed E-state index contributed by atoms with van der Waals surface area (Å²) >= 11 is 0. The number of carbonyl (C=O) groups excluding carboxylic acids is 1. The van der Waals surface area contributed by atoms with Crippen LogP contribution in [0.25, 0.3) is 0 Å². The van der Waals surface area contributed by atoms with Crippen LogP contribution in [0.1, 0.15) is 6.92 Å². The van der Waals surface area contributed by atoms with Crippen LogP contribution in [0.2, 0.25) is 0 Å². The zero-order valence-electron chi connectivity index (χ0n) is 23.0. The zero-order chi connectivity index (χ0) is 28.7. The quantitative estimate of drug-likeness (QED) is 0.0633. The number of carboxylic acid groups (broad SMARTS) is 1. The Hall–Kier alpha value is -1.72. The molecule has 0 aromatic carbocycles. The molecule has 0 aliphatic carbocycles. The molecule has 0 aromatic rings. The Balaban J connectivity index is 3.17. The molecule has 0 radical (unpaired) electrons. The van der Waals surface area contributed by atoms with E-state index in [0.717, 1.165) is 6.08 Å². The van der Waals surface area contributed by atoms with Gasteiger partial charge in [-0.1, -0.05) is 0 Å². The number of aliphatic hydroxyl groups is 1. The molecule has 0 spiro atoms. The number of carboxylic acids is 1. The van der Waals surface area contributed by atoms with Crippen molar-refractivity contribution in [3.8, 4) is 0 Å². The second-order valence-electron chi connectivity index (χ2n) is 7.62. The third-order valence-electron chi connectivity index (χ3n) is 4.24. The van der Waals surface area contributed by atoms with Crippen molar-refractivity contribution in [2.24, 2.45) is 0 Å². The number of carbonyl (C=O) groups is 2. The summed E-state index contributed by atoms with van der Waals surface area (Å²) < 4.78 is 53.0. The van der Waals surface area contributed by atoms with Crippen LogP contribution in [0.4, 0.5) is 0 Å². The molecule has 0 amide bonds. The van der Waals surface area contributed by atoms with Crippen LogP contribution in [0.3, 0.4) is 0 Å². The topological polar surface area (TPSA) is 167 Å². The van der Waals surface area contributed by atoms with Crippen LogP contribution in [0.15, 0.2) is 12.2 Å². The maximum Gasteiger partial charge on any atom is 0.331 e. The average molecular weight is 571 g/mol. The summed E-state index contributed by atoms with van der Waals surface area (Å²) in [5.74, 6) is -1.96. The van der Waals surface area contributed by atoms with Crippen molar-refractivity contribution in [3.63, 3.8) is 0 Å². The number of esters is 1. The highest BCUT2D eigenvalue weighted by atomic mass is 16.6. The van der Waals surface area contributed by atoms with Crippen molar-refractivity contribution in [3.05, 3.63) is 12.2 Å². The minimum atomic E-state index is -1.22. The van der Waals surface area contributed by atoms with E-state index < -0.39 is 18.0 Å². The fraction of sp³-hybridized carbons (Fsp3) is 0.840. The molecule has 1 atom stereocenters. The van der Waals surface area contributed by atoms with Crippen molar-refractivity contribution in [1.82, 2.24) is 0 Å². The molecule has 0 heterocycles. The predicted molar refractivity (Wildman–Crippen MR) is 137 cm³/mol.